The SMILES string of the molecule is C#Cc1c(F)ccc2cc(O)cc(-c3ncc4c(N5CC6CCC(C5)N6)nc(OC[C@]56CCC[C@H]5N(C)CCC6)nc4c3F)c12. The molecule has 2 unspecified atom stereocenters. The van der Waals surface area contributed by atoms with Gasteiger partial charge in [0.15, 0.2) is 5.82 Å². The molecule has 0 spiro atoms. The first-order valence-electron chi connectivity index (χ1n) is 16.0. The number of anilines is 1. The highest BCUT2D eigenvalue weighted by molar-refractivity contribution is 6.03. The average molecular weight is 611 g/mol. The van der Waals surface area contributed by atoms with E-state index in [1.54, 1.807) is 6.20 Å². The number of nitrogens with one attached hydrogen (secondary N) is 1. The number of hydrogen-bond acceptors (Lipinski definition) is 8. The summed E-state index contributed by atoms with van der Waals surface area (Å²) in [5.74, 6) is 1.58. The van der Waals surface area contributed by atoms with Gasteiger partial charge >= 0.3 is 6.01 Å². The molecule has 45 heavy (non-hydrogen) atoms. The molecule has 0 amide bonds. The predicted octanol–water partition coefficient (Wildman–Crippen LogP) is 5.39. The summed E-state index contributed by atoms with van der Waals surface area (Å²) in [5, 5.41) is 15.5. The zero-order valence-corrected chi connectivity index (χ0v) is 25.3. The van der Waals surface area contributed by atoms with Crippen molar-refractivity contribution < 1.29 is 18.6 Å². The second kappa shape index (κ2) is 10.8. The van der Waals surface area contributed by atoms with Gasteiger partial charge in [0.2, 0.25) is 0 Å². The number of phenols is 1. The standard InChI is InChI=1S/C35H36F2N6O2/c1-3-24-27(36)10-7-20-14-23(44)15-25(29(20)24)31-30(37)32-26(16-38-31)33(43-17-21-8-9-22(18-43)39-21)41-34(40-32)45-19-35-11-4-6-28(35)42(2)13-5-12-35/h1,7,10,14-16,21-22,28,39,44H,4-6,8-9,11-13,17-19H2,2H3/t21?,22?,28-,35-/m1/s1. The number of phenolic OH excluding ortho intramolecular Hbond substituents is 1. The molecule has 2 N–H and O–H groups in total. The van der Waals surface area contributed by atoms with E-state index >= 15 is 4.39 Å². The summed E-state index contributed by atoms with van der Waals surface area (Å²) in [6.07, 6.45) is 15.0. The van der Waals surface area contributed by atoms with Gasteiger partial charge in [-0.25, -0.2) is 8.78 Å². The molecule has 4 fully saturated rings. The van der Waals surface area contributed by atoms with Gasteiger partial charge in [-0.15, -0.1) is 6.42 Å². The van der Waals surface area contributed by atoms with Gasteiger partial charge in [0.05, 0.1) is 17.6 Å². The fourth-order valence-corrected chi connectivity index (χ4v) is 8.62. The number of piperazine rings is 1. The van der Waals surface area contributed by atoms with E-state index in [4.69, 9.17) is 16.1 Å². The number of piperidine rings is 1. The lowest BCUT2D eigenvalue weighted by molar-refractivity contribution is 0.0133. The second-order valence-corrected chi connectivity index (χ2v) is 13.4. The van der Waals surface area contributed by atoms with Gasteiger partial charge in [-0.3, -0.25) is 4.98 Å². The fourth-order valence-electron chi connectivity index (χ4n) is 8.62. The highest BCUT2D eigenvalue weighted by Gasteiger charge is 2.47. The lowest BCUT2D eigenvalue weighted by atomic mass is 9.76. The minimum Gasteiger partial charge on any atom is -0.508 e. The van der Waals surface area contributed by atoms with Gasteiger partial charge in [-0.2, -0.15) is 9.97 Å². The number of likely N-dealkylation sites (tertiary alicyclic amines) is 1. The molecule has 0 radical (unpaired) electrons. The van der Waals surface area contributed by atoms with E-state index < -0.39 is 11.6 Å². The van der Waals surface area contributed by atoms with Crippen molar-refractivity contribution in [3.8, 4) is 35.4 Å². The fraction of sp³-hybridized carbons (Fsp3) is 0.457. The molecule has 1 saturated carbocycles. The molecule has 10 heteroatoms. The van der Waals surface area contributed by atoms with Gasteiger partial charge < -0.3 is 25.0 Å². The van der Waals surface area contributed by atoms with Crippen LogP contribution in [0, 0.1) is 29.4 Å². The van der Waals surface area contributed by atoms with Crippen molar-refractivity contribution in [2.45, 2.75) is 63.1 Å². The molecule has 2 aromatic carbocycles. The van der Waals surface area contributed by atoms with Crippen LogP contribution >= 0.6 is 0 Å². The van der Waals surface area contributed by atoms with Crippen LogP contribution in [0.5, 0.6) is 11.8 Å². The number of terminal acetylenes is 1. The first-order valence-corrected chi connectivity index (χ1v) is 16.0. The van der Waals surface area contributed by atoms with Crippen LogP contribution in [0.3, 0.4) is 0 Å². The highest BCUT2D eigenvalue weighted by Crippen LogP contribution is 2.47. The third kappa shape index (κ3) is 4.67. The zero-order valence-electron chi connectivity index (χ0n) is 25.3. The summed E-state index contributed by atoms with van der Waals surface area (Å²) in [6, 6.07) is 6.86. The Morgan fingerprint density at radius 3 is 2.71 bits per heavy atom. The van der Waals surface area contributed by atoms with Gasteiger partial charge in [-0.05, 0) is 75.7 Å². The summed E-state index contributed by atoms with van der Waals surface area (Å²) in [7, 11) is 2.19. The Balaban J connectivity index is 1.27. The molecule has 4 atom stereocenters. The number of pyridine rings is 1. The maximum absolute atomic E-state index is 16.8. The lowest BCUT2D eigenvalue weighted by Gasteiger charge is -2.44. The number of halogens is 2. The van der Waals surface area contributed by atoms with Crippen molar-refractivity contribution in [2.75, 3.05) is 38.2 Å². The maximum Gasteiger partial charge on any atom is 0.319 e. The Kier molecular flexibility index (Phi) is 6.80. The van der Waals surface area contributed by atoms with E-state index in [1.165, 1.54) is 24.3 Å². The molecular weight excluding hydrogens is 574 g/mol. The number of ether oxygens (including phenoxy) is 1. The van der Waals surface area contributed by atoms with Gasteiger partial charge in [0.25, 0.3) is 0 Å². The molecule has 1 aliphatic carbocycles. The van der Waals surface area contributed by atoms with Crippen LogP contribution in [-0.2, 0) is 0 Å². The minimum absolute atomic E-state index is 0.0182. The first-order chi connectivity index (χ1) is 21.8. The van der Waals surface area contributed by atoms with E-state index in [0.29, 0.717) is 46.7 Å². The normalized spacial score (nSPS) is 26.4. The minimum atomic E-state index is -0.701. The maximum atomic E-state index is 16.8. The molecule has 232 valence electrons. The van der Waals surface area contributed by atoms with Crippen LogP contribution in [0.25, 0.3) is 32.9 Å². The van der Waals surface area contributed by atoms with Crippen molar-refractivity contribution >= 4 is 27.5 Å². The summed E-state index contributed by atoms with van der Waals surface area (Å²) in [4.78, 5) is 18.8. The van der Waals surface area contributed by atoms with E-state index in [0.717, 1.165) is 64.6 Å². The number of hydrogen-bond donors (Lipinski definition) is 2. The number of fused-ring (bicyclic) bond motifs is 5. The van der Waals surface area contributed by atoms with Gasteiger partial charge in [0, 0.05) is 53.8 Å². The topological polar surface area (TPSA) is 86.6 Å². The van der Waals surface area contributed by atoms with Crippen LogP contribution < -0.4 is 15.0 Å². The Hall–Kier alpha value is -4.07. The van der Waals surface area contributed by atoms with Gasteiger partial charge in [0.1, 0.15) is 28.6 Å². The number of aromatic hydroxyl groups is 1. The third-order valence-electron chi connectivity index (χ3n) is 10.7. The molecule has 8 nitrogen and oxygen atoms in total. The van der Waals surface area contributed by atoms with Gasteiger partial charge in [-0.1, -0.05) is 18.4 Å². The average Bonchev–Trinajstić information content (AvgIpc) is 3.63. The number of aromatic nitrogens is 3. The summed E-state index contributed by atoms with van der Waals surface area (Å²) in [6.45, 7) is 3.04. The molecule has 4 aromatic rings. The number of rotatable bonds is 5. The van der Waals surface area contributed by atoms with Crippen molar-refractivity contribution in [2.24, 2.45) is 5.41 Å². The molecule has 3 aliphatic heterocycles. The summed E-state index contributed by atoms with van der Waals surface area (Å²) < 4.78 is 38.1. The monoisotopic (exact) mass is 610 g/mol. The quantitative estimate of drug-likeness (QED) is 0.291. The molecule has 5 heterocycles. The third-order valence-corrected chi connectivity index (χ3v) is 10.7. The Morgan fingerprint density at radius 1 is 1.11 bits per heavy atom. The molecule has 8 rings (SSSR count). The predicted molar refractivity (Wildman–Crippen MR) is 169 cm³/mol. The number of nitrogens with zero attached hydrogens (tertiary/aromatic N) is 5. The van der Waals surface area contributed by atoms with Crippen molar-refractivity contribution in [1.29, 1.82) is 0 Å². The van der Waals surface area contributed by atoms with Crippen molar-refractivity contribution in [1.82, 2.24) is 25.2 Å². The van der Waals surface area contributed by atoms with Crippen LogP contribution in [-0.4, -0.2) is 76.4 Å². The largest absolute Gasteiger partial charge is 0.508 e. The smallest absolute Gasteiger partial charge is 0.319 e. The van der Waals surface area contributed by atoms with Crippen LogP contribution in [0.1, 0.15) is 50.5 Å². The zero-order chi connectivity index (χ0) is 30.9. The molecular formula is C35H36F2N6O2. The summed E-state index contributed by atoms with van der Waals surface area (Å²) in [5.41, 5.74) is 0.192. The van der Waals surface area contributed by atoms with Crippen molar-refractivity contribution in [3.05, 3.63) is 47.7 Å². The molecule has 4 aliphatic rings. The van der Waals surface area contributed by atoms with Crippen LogP contribution in [0.15, 0.2) is 30.5 Å². The van der Waals surface area contributed by atoms with E-state index in [9.17, 15) is 9.50 Å². The van der Waals surface area contributed by atoms with E-state index in [-0.39, 0.29) is 39.5 Å². The second-order valence-electron chi connectivity index (χ2n) is 13.4. The van der Waals surface area contributed by atoms with E-state index in [2.05, 4.69) is 38.1 Å². The Labute approximate surface area is 260 Å². The molecule has 2 aromatic heterocycles. The Morgan fingerprint density at radius 2 is 1.91 bits per heavy atom. The molecule has 3 saturated heterocycles. The Bertz CT molecular complexity index is 1870. The van der Waals surface area contributed by atoms with Crippen LogP contribution in [0.2, 0.25) is 0 Å². The van der Waals surface area contributed by atoms with Crippen molar-refractivity contribution in [3.63, 3.8) is 0 Å². The highest BCUT2D eigenvalue weighted by atomic mass is 19.1. The lowest BCUT2D eigenvalue weighted by Crippen LogP contribution is -2.51. The van der Waals surface area contributed by atoms with E-state index in [1.807, 2.05) is 0 Å². The molecule has 2 bridgehead atoms. The first kappa shape index (κ1) is 28.4. The summed E-state index contributed by atoms with van der Waals surface area (Å²) >= 11 is 0. The number of benzene rings is 2. The van der Waals surface area contributed by atoms with Crippen LogP contribution in [0.4, 0.5) is 14.6 Å².